The van der Waals surface area contributed by atoms with E-state index in [9.17, 15) is 24.6 Å². The highest BCUT2D eigenvalue weighted by Gasteiger charge is 2.45. The number of ether oxygens (including phenoxy) is 2. The van der Waals surface area contributed by atoms with Crippen molar-refractivity contribution in [2.24, 2.45) is 5.41 Å². The molecule has 4 aromatic heterocycles. The predicted octanol–water partition coefficient (Wildman–Crippen LogP) is 6.17. The molecule has 82 heavy (non-hydrogen) atoms. The van der Waals surface area contributed by atoms with Gasteiger partial charge in [-0.3, -0.25) is 19.3 Å². The van der Waals surface area contributed by atoms with E-state index in [1.165, 1.54) is 4.90 Å². The summed E-state index contributed by atoms with van der Waals surface area (Å²) in [7, 11) is 0. The summed E-state index contributed by atoms with van der Waals surface area (Å²) in [6, 6.07) is 23.5. The minimum atomic E-state index is -0.940. The van der Waals surface area contributed by atoms with Gasteiger partial charge in [-0.1, -0.05) is 63.2 Å². The summed E-state index contributed by atoms with van der Waals surface area (Å²) < 4.78 is 12.7. The number of hydrogen-bond donors (Lipinski definition) is 5. The van der Waals surface area contributed by atoms with Crippen LogP contribution in [0.15, 0.2) is 96.8 Å². The van der Waals surface area contributed by atoms with Gasteiger partial charge in [0.05, 0.1) is 58.7 Å². The second-order valence-corrected chi connectivity index (χ2v) is 24.5. The number of piperazine rings is 2. The summed E-state index contributed by atoms with van der Waals surface area (Å²) in [6.07, 6.45) is 6.80. The van der Waals surface area contributed by atoms with Gasteiger partial charge in [-0.15, -0.1) is 21.5 Å². The molecule has 2 bridgehead atoms. The summed E-state index contributed by atoms with van der Waals surface area (Å²) in [4.78, 5) is 67.4. The molecule has 20 nitrogen and oxygen atoms in total. The molecular weight excluding hydrogens is 1060 g/mol. The van der Waals surface area contributed by atoms with E-state index in [4.69, 9.17) is 20.2 Å². The third kappa shape index (κ3) is 12.6. The minimum Gasteiger partial charge on any atom is -0.507 e. The van der Waals surface area contributed by atoms with Crippen molar-refractivity contribution in [3.8, 4) is 33.3 Å². The number of fused-ring (bicyclic) bond motifs is 2. The molecule has 11 rings (SSSR count). The van der Waals surface area contributed by atoms with Crippen molar-refractivity contribution in [1.29, 1.82) is 0 Å². The second-order valence-electron chi connectivity index (χ2n) is 23.7. The van der Waals surface area contributed by atoms with Gasteiger partial charge in [0.1, 0.15) is 29.8 Å². The molecule has 2 unspecified atom stereocenters. The maximum atomic E-state index is 14.3. The summed E-state index contributed by atoms with van der Waals surface area (Å²) in [6.45, 7) is 15.9. The topological polar surface area (TPSA) is 241 Å². The Morgan fingerprint density at radius 1 is 0.854 bits per heavy atom. The Hall–Kier alpha value is -7.46. The Bertz CT molecular complexity index is 3200. The molecule has 4 saturated heterocycles. The van der Waals surface area contributed by atoms with Crippen molar-refractivity contribution in [1.82, 2.24) is 45.6 Å². The molecule has 432 valence electrons. The number of nitrogen functional groups attached to an aromatic ring is 1. The fourth-order valence-electron chi connectivity index (χ4n) is 12.2. The number of hydrogen-bond acceptors (Lipinski definition) is 18. The van der Waals surface area contributed by atoms with E-state index >= 15 is 0 Å². The molecule has 4 aliphatic heterocycles. The number of anilines is 4. The fraction of sp³-hybridized carbons (Fsp3) is 0.475. The summed E-state index contributed by atoms with van der Waals surface area (Å²) >= 11 is 1.58. The number of para-hydroxylation sites is 1. The van der Waals surface area contributed by atoms with Crippen molar-refractivity contribution in [2.75, 3.05) is 79.4 Å². The van der Waals surface area contributed by atoms with E-state index in [0.29, 0.717) is 29.6 Å². The number of pyridine rings is 2. The SMILES string of the molecule is Cc1ncsc1-c1ccc([C@H](C)NC(=O)[C@@H]2C[C@@H](O)CN2C(=O)[C@@H](NC(=O)Cc2ccc(N3CCN(CCO[C@H]4C[C@H](Oc5cc(N6C7CCC6CN(c6cc(-c8ccccc8O)nnc6N)C7)ccn5)C4)CC3)nc2)C(C)(C)C)cc1. The minimum absolute atomic E-state index is 0.00377. The van der Waals surface area contributed by atoms with Gasteiger partial charge in [-0.2, -0.15) is 0 Å². The number of nitrogens with zero attached hydrogens (tertiary/aromatic N) is 10. The first-order valence-corrected chi connectivity index (χ1v) is 29.6. The van der Waals surface area contributed by atoms with E-state index < -0.39 is 29.5 Å². The number of phenolic OH excluding ortho intramolecular Hbond substituents is 1. The maximum absolute atomic E-state index is 14.3. The number of amides is 3. The normalized spacial score (nSPS) is 22.6. The third-order valence-corrected chi connectivity index (χ3v) is 17.8. The van der Waals surface area contributed by atoms with Gasteiger partial charge >= 0.3 is 0 Å². The van der Waals surface area contributed by atoms with E-state index in [2.05, 4.69) is 62.5 Å². The van der Waals surface area contributed by atoms with Crippen LogP contribution in [-0.2, 0) is 25.5 Å². The molecule has 8 heterocycles. The van der Waals surface area contributed by atoms with Crippen LogP contribution in [0.3, 0.4) is 0 Å². The zero-order chi connectivity index (χ0) is 57.2. The van der Waals surface area contributed by atoms with Gasteiger partial charge in [0, 0.05) is 113 Å². The van der Waals surface area contributed by atoms with E-state index in [1.54, 1.807) is 29.7 Å². The first-order valence-electron chi connectivity index (χ1n) is 28.7. The van der Waals surface area contributed by atoms with Crippen LogP contribution >= 0.6 is 11.3 Å². The third-order valence-electron chi connectivity index (χ3n) is 16.9. The summed E-state index contributed by atoms with van der Waals surface area (Å²) in [5, 5.41) is 35.8. The number of rotatable bonds is 18. The molecule has 6 N–H and O–H groups in total. The molecule has 1 saturated carbocycles. The number of benzene rings is 2. The molecule has 1 aliphatic carbocycles. The number of carbonyl (C=O) groups excluding carboxylic acids is 3. The molecule has 3 amide bonds. The molecule has 0 spiro atoms. The summed E-state index contributed by atoms with van der Waals surface area (Å²) in [5.74, 6) is 0.923. The highest BCUT2D eigenvalue weighted by molar-refractivity contribution is 7.13. The molecule has 6 aromatic rings. The van der Waals surface area contributed by atoms with Crippen LogP contribution < -0.4 is 35.8 Å². The van der Waals surface area contributed by atoms with Crippen molar-refractivity contribution in [3.05, 3.63) is 114 Å². The van der Waals surface area contributed by atoms with Crippen LogP contribution in [0.2, 0.25) is 0 Å². The van der Waals surface area contributed by atoms with Crippen LogP contribution in [-0.4, -0.2) is 164 Å². The quantitative estimate of drug-likeness (QED) is 0.0646. The van der Waals surface area contributed by atoms with Gasteiger partial charge in [0.2, 0.25) is 23.6 Å². The van der Waals surface area contributed by atoms with Crippen LogP contribution in [0.25, 0.3) is 21.7 Å². The molecule has 5 fully saturated rings. The average molecular weight is 1130 g/mol. The van der Waals surface area contributed by atoms with Gasteiger partial charge in [-0.25, -0.2) is 15.0 Å². The largest absolute Gasteiger partial charge is 0.507 e. The summed E-state index contributed by atoms with van der Waals surface area (Å²) in [5.41, 5.74) is 14.3. The first-order chi connectivity index (χ1) is 39.5. The number of nitrogens with one attached hydrogen (secondary N) is 2. The number of nitrogens with two attached hydrogens (primary N) is 1. The fourth-order valence-corrected chi connectivity index (χ4v) is 13.0. The van der Waals surface area contributed by atoms with Crippen molar-refractivity contribution >= 4 is 52.1 Å². The molecular formula is C61H75N13O7S. The number of aromatic hydroxyl groups is 1. The molecule has 2 aromatic carbocycles. The number of likely N-dealkylation sites (tertiary alicyclic amines) is 1. The lowest BCUT2D eigenvalue weighted by atomic mass is 9.85. The van der Waals surface area contributed by atoms with Crippen molar-refractivity contribution < 1.29 is 34.1 Å². The number of thiazole rings is 1. The standard InChI is InChI=1S/C61H75N13O7S/c1-37(40-11-13-41(14-12-40)56-38(2)65-36-82-56)66-59(78)51-28-45(75)35-73(51)60(79)57(61(3,4)5)67-54(77)26-39-10-17-53(64-32-39)71-22-20-70(21-23-71)24-25-80-46-29-47(30-46)81-55-27-42(18-19-63-55)74-43-15-16-44(74)34-72(33-43)50-31-49(68-69-58(50)62)48-8-6-7-9-52(48)76/h6-14,17-19,27,31-32,36-37,43-47,51,57,75-76H,15-16,20-26,28-30,33-35H2,1-5H3,(H2,62,69)(H,66,78)(H,67,77)/t37-,43?,44?,45+,46-,47-,51-,57+/m0/s1. The van der Waals surface area contributed by atoms with E-state index in [1.807, 2.05) is 101 Å². The van der Waals surface area contributed by atoms with Crippen LogP contribution in [0.4, 0.5) is 23.0 Å². The van der Waals surface area contributed by atoms with Crippen molar-refractivity contribution in [2.45, 2.75) is 122 Å². The predicted molar refractivity (Wildman–Crippen MR) is 316 cm³/mol. The lowest BCUT2D eigenvalue weighted by Crippen LogP contribution is -2.58. The Morgan fingerprint density at radius 3 is 2.30 bits per heavy atom. The number of carbonyl (C=O) groups is 3. The number of phenols is 1. The molecule has 21 heteroatoms. The van der Waals surface area contributed by atoms with Gasteiger partial charge < -0.3 is 55.7 Å². The van der Waals surface area contributed by atoms with Crippen molar-refractivity contribution in [3.63, 3.8) is 0 Å². The van der Waals surface area contributed by atoms with Gasteiger partial charge in [-0.05, 0) is 79.1 Å². The number of aryl methyl sites for hydroxylation is 1. The first kappa shape index (κ1) is 56.4. The molecule has 6 atom stereocenters. The highest BCUT2D eigenvalue weighted by Crippen LogP contribution is 2.40. The number of aliphatic hydroxyl groups is 1. The van der Waals surface area contributed by atoms with E-state index in [0.717, 1.165) is 116 Å². The van der Waals surface area contributed by atoms with Crippen LogP contribution in [0.5, 0.6) is 11.6 Å². The Labute approximate surface area is 483 Å². The Morgan fingerprint density at radius 2 is 1.61 bits per heavy atom. The molecule has 0 radical (unpaired) electrons. The molecule has 5 aliphatic rings. The zero-order valence-electron chi connectivity index (χ0n) is 47.4. The highest BCUT2D eigenvalue weighted by atomic mass is 32.1. The average Bonchev–Trinajstić information content (AvgIpc) is 4.25. The second kappa shape index (κ2) is 24.2. The maximum Gasteiger partial charge on any atom is 0.246 e. The van der Waals surface area contributed by atoms with Crippen LogP contribution in [0, 0.1) is 12.3 Å². The van der Waals surface area contributed by atoms with E-state index in [-0.39, 0.29) is 67.3 Å². The Kier molecular flexibility index (Phi) is 16.6. The number of aliphatic hydroxyl groups excluding tert-OH is 1. The smallest absolute Gasteiger partial charge is 0.246 e. The monoisotopic (exact) mass is 1130 g/mol. The lowest BCUT2D eigenvalue weighted by molar-refractivity contribution is -0.144. The van der Waals surface area contributed by atoms with Crippen LogP contribution in [0.1, 0.15) is 82.7 Å². The lowest BCUT2D eigenvalue weighted by Gasteiger charge is -2.43. The Balaban J connectivity index is 0.591. The van der Waals surface area contributed by atoms with Gasteiger partial charge in [0.25, 0.3) is 0 Å². The number of aromatic nitrogens is 5. The zero-order valence-corrected chi connectivity index (χ0v) is 48.2. The number of β-amino-alcohol motifs (C(OH)–C–C–N with tert-alkyl or cyclic N) is 1. The van der Waals surface area contributed by atoms with Gasteiger partial charge in [0.15, 0.2) is 5.82 Å².